The molecule has 0 bridgehead atoms. The van der Waals surface area contributed by atoms with Gasteiger partial charge in [-0.15, -0.1) is 0 Å². The van der Waals surface area contributed by atoms with E-state index in [9.17, 15) is 24.6 Å². The van der Waals surface area contributed by atoms with Crippen molar-refractivity contribution in [2.45, 2.75) is 77.3 Å². The van der Waals surface area contributed by atoms with Crippen molar-refractivity contribution < 1.29 is 24.6 Å². The second kappa shape index (κ2) is 11.3. The first-order chi connectivity index (χ1) is 13.5. The van der Waals surface area contributed by atoms with Crippen LogP contribution in [0.3, 0.4) is 0 Å². The molecule has 0 aromatic heterocycles. The Bertz CT molecular complexity index is 620. The first kappa shape index (κ1) is 25.1. The first-order valence-electron chi connectivity index (χ1n) is 10.1. The van der Waals surface area contributed by atoms with Crippen molar-refractivity contribution in [3.05, 3.63) is 11.6 Å². The van der Waals surface area contributed by atoms with Gasteiger partial charge in [0.15, 0.2) is 0 Å². The van der Waals surface area contributed by atoms with E-state index in [4.69, 9.17) is 5.73 Å². The zero-order valence-electron chi connectivity index (χ0n) is 17.9. The fourth-order valence-electron chi connectivity index (χ4n) is 3.33. The van der Waals surface area contributed by atoms with Crippen molar-refractivity contribution in [1.29, 1.82) is 0 Å². The summed E-state index contributed by atoms with van der Waals surface area (Å²) in [5.74, 6) is -1.09. The van der Waals surface area contributed by atoms with Gasteiger partial charge in [0.2, 0.25) is 17.7 Å². The smallest absolute Gasteiger partial charge is 0.247 e. The highest BCUT2D eigenvalue weighted by Crippen LogP contribution is 2.21. The molecule has 0 saturated heterocycles. The van der Waals surface area contributed by atoms with Gasteiger partial charge in [-0.25, -0.2) is 0 Å². The molecular formula is C20H36N4O5. The van der Waals surface area contributed by atoms with Crippen molar-refractivity contribution in [3.8, 4) is 0 Å². The van der Waals surface area contributed by atoms with Crippen LogP contribution in [0.5, 0.6) is 0 Å². The molecule has 0 aromatic carbocycles. The number of carbonyl (C=O) groups is 3. The molecule has 0 aromatic rings. The summed E-state index contributed by atoms with van der Waals surface area (Å²) in [6, 6.07) is -2.22. The van der Waals surface area contributed by atoms with Crippen molar-refractivity contribution in [1.82, 2.24) is 16.0 Å². The number of primary amides is 1. The van der Waals surface area contributed by atoms with Crippen LogP contribution >= 0.6 is 0 Å². The average Bonchev–Trinajstić information content (AvgIpc) is 2.61. The van der Waals surface area contributed by atoms with Gasteiger partial charge in [0, 0.05) is 12.0 Å². The van der Waals surface area contributed by atoms with Crippen LogP contribution in [-0.2, 0) is 14.4 Å². The van der Waals surface area contributed by atoms with E-state index in [2.05, 4.69) is 16.0 Å². The number of amides is 3. The van der Waals surface area contributed by atoms with Crippen LogP contribution in [0.4, 0.5) is 0 Å². The fraction of sp³-hybridized carbons (Fsp3) is 0.750. The zero-order chi connectivity index (χ0) is 22.3. The molecule has 5 atom stereocenters. The summed E-state index contributed by atoms with van der Waals surface area (Å²) in [7, 11) is 1.67. The van der Waals surface area contributed by atoms with Crippen molar-refractivity contribution in [2.24, 2.45) is 17.6 Å². The molecule has 29 heavy (non-hydrogen) atoms. The molecule has 3 amide bonds. The summed E-state index contributed by atoms with van der Waals surface area (Å²) in [5, 5.41) is 28.7. The summed E-state index contributed by atoms with van der Waals surface area (Å²) in [6.45, 7) is 7.79. The lowest BCUT2D eigenvalue weighted by Gasteiger charge is -2.32. The van der Waals surface area contributed by atoms with Gasteiger partial charge in [-0.05, 0) is 31.7 Å². The summed E-state index contributed by atoms with van der Waals surface area (Å²) < 4.78 is 0. The van der Waals surface area contributed by atoms with E-state index in [-0.39, 0.29) is 29.7 Å². The molecule has 166 valence electrons. The van der Waals surface area contributed by atoms with E-state index in [1.165, 1.54) is 6.08 Å². The maximum atomic E-state index is 12.6. The van der Waals surface area contributed by atoms with Gasteiger partial charge in [0.1, 0.15) is 12.1 Å². The van der Waals surface area contributed by atoms with Crippen LogP contribution in [0.2, 0.25) is 0 Å². The van der Waals surface area contributed by atoms with Crippen molar-refractivity contribution in [3.63, 3.8) is 0 Å². The van der Waals surface area contributed by atoms with E-state index < -0.39 is 42.1 Å². The van der Waals surface area contributed by atoms with Crippen molar-refractivity contribution >= 4 is 17.7 Å². The second-order valence-electron chi connectivity index (χ2n) is 8.52. The minimum atomic E-state index is -1.24. The molecule has 1 aliphatic carbocycles. The van der Waals surface area contributed by atoms with Gasteiger partial charge in [0.05, 0.1) is 18.2 Å². The van der Waals surface area contributed by atoms with E-state index >= 15 is 0 Å². The number of aliphatic hydroxyl groups is 2. The molecule has 9 heteroatoms. The Balaban J connectivity index is 2.94. The van der Waals surface area contributed by atoms with E-state index in [0.29, 0.717) is 12.8 Å². The third-order valence-electron chi connectivity index (χ3n) is 4.90. The van der Waals surface area contributed by atoms with E-state index in [0.717, 1.165) is 0 Å². The number of likely N-dealkylation sites (N-methyl/N-ethyl adjacent to an activating group) is 1. The maximum absolute atomic E-state index is 12.6. The standard InChI is InChI=1S/C20H36N4O5/c1-10(2)6-14(18(21)27)24-19(28)12-8-13(17(26)16(25)9-12)23-20(29)15(22-5)7-11(3)4/h8,10-11,13-17,22,25-26H,6-7,9H2,1-5H3,(H2,21,27)(H,23,29)(H,24,28)/t13-,14-,15+,16-,17-/m1/s1. The predicted octanol–water partition coefficient (Wildman–Crippen LogP) is -0.827. The number of hydrogen-bond acceptors (Lipinski definition) is 6. The summed E-state index contributed by atoms with van der Waals surface area (Å²) >= 11 is 0. The van der Waals surface area contributed by atoms with Crippen LogP contribution in [0.1, 0.15) is 47.0 Å². The predicted molar refractivity (Wildman–Crippen MR) is 110 cm³/mol. The lowest BCUT2D eigenvalue weighted by Crippen LogP contribution is -2.55. The Morgan fingerprint density at radius 3 is 2.14 bits per heavy atom. The third-order valence-corrected chi connectivity index (χ3v) is 4.90. The minimum absolute atomic E-state index is 0.0893. The lowest BCUT2D eigenvalue weighted by molar-refractivity contribution is -0.127. The zero-order valence-corrected chi connectivity index (χ0v) is 17.9. The molecule has 1 aliphatic rings. The summed E-state index contributed by atoms with van der Waals surface area (Å²) in [4.78, 5) is 36.8. The van der Waals surface area contributed by atoms with Crippen LogP contribution in [0.15, 0.2) is 11.6 Å². The molecule has 1 rings (SSSR count). The van der Waals surface area contributed by atoms with Crippen molar-refractivity contribution in [2.75, 3.05) is 7.05 Å². The molecule has 0 spiro atoms. The molecule has 0 fully saturated rings. The number of nitrogens with two attached hydrogens (primary N) is 1. The Kier molecular flexibility index (Phi) is 9.75. The number of hydrogen-bond donors (Lipinski definition) is 6. The number of nitrogens with one attached hydrogen (secondary N) is 3. The molecule has 0 radical (unpaired) electrons. The minimum Gasteiger partial charge on any atom is -0.390 e. The molecule has 9 nitrogen and oxygen atoms in total. The largest absolute Gasteiger partial charge is 0.390 e. The molecule has 0 unspecified atom stereocenters. The van der Waals surface area contributed by atoms with E-state index in [1.54, 1.807) is 7.05 Å². The quantitative estimate of drug-likeness (QED) is 0.275. The summed E-state index contributed by atoms with van der Waals surface area (Å²) in [5.41, 5.74) is 5.56. The van der Waals surface area contributed by atoms with Gasteiger partial charge in [-0.3, -0.25) is 14.4 Å². The van der Waals surface area contributed by atoms with Crippen LogP contribution in [-0.4, -0.2) is 65.3 Å². The van der Waals surface area contributed by atoms with Gasteiger partial charge in [-0.1, -0.05) is 33.8 Å². The number of aliphatic hydroxyl groups excluding tert-OH is 2. The monoisotopic (exact) mass is 412 g/mol. The van der Waals surface area contributed by atoms with Crippen LogP contribution < -0.4 is 21.7 Å². The number of rotatable bonds is 10. The first-order valence-corrected chi connectivity index (χ1v) is 10.1. The van der Waals surface area contributed by atoms with Gasteiger partial charge >= 0.3 is 0 Å². The highest BCUT2D eigenvalue weighted by atomic mass is 16.3. The molecule has 0 saturated carbocycles. The molecule has 0 heterocycles. The van der Waals surface area contributed by atoms with E-state index in [1.807, 2.05) is 27.7 Å². The Labute approximate surface area is 172 Å². The summed E-state index contributed by atoms with van der Waals surface area (Å²) in [6.07, 6.45) is -0.136. The molecular weight excluding hydrogens is 376 g/mol. The van der Waals surface area contributed by atoms with Gasteiger partial charge in [0.25, 0.3) is 0 Å². The SMILES string of the molecule is CN[C@@H](CC(C)C)C(=O)N[C@@H]1C=C(C(=O)N[C@H](CC(C)C)C(N)=O)C[C@@H](O)[C@@H]1O. The Morgan fingerprint density at radius 1 is 1.10 bits per heavy atom. The number of carbonyl (C=O) groups excluding carboxylic acids is 3. The maximum Gasteiger partial charge on any atom is 0.247 e. The lowest BCUT2D eigenvalue weighted by atomic mass is 9.89. The molecule has 7 N–H and O–H groups in total. The van der Waals surface area contributed by atoms with Gasteiger partial charge < -0.3 is 31.9 Å². The molecule has 0 aliphatic heterocycles. The topological polar surface area (TPSA) is 154 Å². The second-order valence-corrected chi connectivity index (χ2v) is 8.52. The van der Waals surface area contributed by atoms with Crippen LogP contribution in [0.25, 0.3) is 0 Å². The normalized spacial score (nSPS) is 24.0. The Morgan fingerprint density at radius 2 is 1.66 bits per heavy atom. The van der Waals surface area contributed by atoms with Gasteiger partial charge in [-0.2, -0.15) is 0 Å². The average molecular weight is 413 g/mol. The Hall–Kier alpha value is -1.97. The highest BCUT2D eigenvalue weighted by Gasteiger charge is 2.35. The van der Waals surface area contributed by atoms with Crippen LogP contribution in [0, 0.1) is 11.8 Å². The highest BCUT2D eigenvalue weighted by molar-refractivity contribution is 5.97. The fourth-order valence-corrected chi connectivity index (χ4v) is 3.33. The third kappa shape index (κ3) is 7.75.